The summed E-state index contributed by atoms with van der Waals surface area (Å²) in [5, 5.41) is 3.32. The van der Waals surface area contributed by atoms with E-state index in [9.17, 15) is 9.59 Å². The summed E-state index contributed by atoms with van der Waals surface area (Å²) < 4.78 is 5.35. The highest BCUT2D eigenvalue weighted by Gasteiger charge is 2.18. The first-order valence-electron chi connectivity index (χ1n) is 6.58. The minimum absolute atomic E-state index is 0.156. The highest BCUT2D eigenvalue weighted by Crippen LogP contribution is 2.23. The quantitative estimate of drug-likeness (QED) is 0.870. The van der Waals surface area contributed by atoms with Crippen LogP contribution in [0.4, 0.5) is 0 Å². The average Bonchev–Trinajstić information content (AvgIpc) is 2.89. The Morgan fingerprint density at radius 1 is 1.35 bits per heavy atom. The SMILES string of the molecule is NC(=O)c1ccc(Cl)cc1OCC(=O)NC1CCCC1. The molecule has 0 spiro atoms. The molecule has 1 fully saturated rings. The maximum Gasteiger partial charge on any atom is 0.258 e. The number of amides is 2. The second-order valence-corrected chi connectivity index (χ2v) is 5.28. The number of benzene rings is 1. The second-order valence-electron chi connectivity index (χ2n) is 4.84. The fourth-order valence-corrected chi connectivity index (χ4v) is 2.46. The van der Waals surface area contributed by atoms with Crippen LogP contribution in [0.3, 0.4) is 0 Å². The van der Waals surface area contributed by atoms with Crippen molar-refractivity contribution in [2.24, 2.45) is 5.73 Å². The molecule has 0 heterocycles. The first-order valence-corrected chi connectivity index (χ1v) is 6.95. The highest BCUT2D eigenvalue weighted by molar-refractivity contribution is 6.30. The van der Waals surface area contributed by atoms with Gasteiger partial charge >= 0.3 is 0 Å². The van der Waals surface area contributed by atoms with Crippen molar-refractivity contribution in [1.82, 2.24) is 5.32 Å². The molecule has 5 nitrogen and oxygen atoms in total. The van der Waals surface area contributed by atoms with Crippen LogP contribution in [0.2, 0.25) is 5.02 Å². The lowest BCUT2D eigenvalue weighted by Gasteiger charge is -2.13. The van der Waals surface area contributed by atoms with E-state index in [-0.39, 0.29) is 29.9 Å². The van der Waals surface area contributed by atoms with Crippen LogP contribution in [0.25, 0.3) is 0 Å². The smallest absolute Gasteiger partial charge is 0.258 e. The first kappa shape index (κ1) is 14.7. The summed E-state index contributed by atoms with van der Waals surface area (Å²) in [7, 11) is 0. The van der Waals surface area contributed by atoms with Crippen LogP contribution >= 0.6 is 11.6 Å². The van der Waals surface area contributed by atoms with Crippen molar-refractivity contribution in [3.63, 3.8) is 0 Å². The van der Waals surface area contributed by atoms with Gasteiger partial charge in [0.05, 0.1) is 5.56 Å². The van der Waals surface area contributed by atoms with E-state index in [4.69, 9.17) is 22.1 Å². The molecule has 20 heavy (non-hydrogen) atoms. The molecule has 0 atom stereocenters. The Labute approximate surface area is 122 Å². The Balaban J connectivity index is 1.94. The van der Waals surface area contributed by atoms with Gasteiger partial charge in [0.15, 0.2) is 6.61 Å². The molecular formula is C14H17ClN2O3. The number of hydrogen-bond acceptors (Lipinski definition) is 3. The van der Waals surface area contributed by atoms with Crippen LogP contribution in [0.15, 0.2) is 18.2 Å². The Kier molecular flexibility index (Phi) is 4.84. The molecule has 2 rings (SSSR count). The molecule has 3 N–H and O–H groups in total. The van der Waals surface area contributed by atoms with Crippen LogP contribution < -0.4 is 15.8 Å². The number of rotatable bonds is 5. The van der Waals surface area contributed by atoms with E-state index in [0.29, 0.717) is 5.02 Å². The highest BCUT2D eigenvalue weighted by atomic mass is 35.5. The van der Waals surface area contributed by atoms with E-state index in [2.05, 4.69) is 5.32 Å². The average molecular weight is 297 g/mol. The molecule has 1 aromatic carbocycles. The van der Waals surface area contributed by atoms with Gasteiger partial charge in [0.25, 0.3) is 11.8 Å². The Bertz CT molecular complexity index is 513. The zero-order chi connectivity index (χ0) is 14.5. The molecule has 0 aliphatic heterocycles. The van der Waals surface area contributed by atoms with Crippen LogP contribution in [0, 0.1) is 0 Å². The predicted octanol–water partition coefficient (Wildman–Crippen LogP) is 1.88. The van der Waals surface area contributed by atoms with Crippen molar-refractivity contribution < 1.29 is 14.3 Å². The summed E-state index contributed by atoms with van der Waals surface area (Å²) in [6.07, 6.45) is 4.31. The number of ether oxygens (including phenoxy) is 1. The number of hydrogen-bond donors (Lipinski definition) is 2. The third-order valence-corrected chi connectivity index (χ3v) is 3.52. The fraction of sp³-hybridized carbons (Fsp3) is 0.429. The number of nitrogens with one attached hydrogen (secondary N) is 1. The van der Waals surface area contributed by atoms with Crippen molar-refractivity contribution in [3.05, 3.63) is 28.8 Å². The Morgan fingerprint density at radius 3 is 2.70 bits per heavy atom. The molecule has 0 unspecified atom stereocenters. The molecule has 108 valence electrons. The summed E-state index contributed by atoms with van der Waals surface area (Å²) in [5.74, 6) is -0.591. The van der Waals surface area contributed by atoms with Crippen molar-refractivity contribution in [1.29, 1.82) is 0 Å². The van der Waals surface area contributed by atoms with Gasteiger partial charge in [-0.25, -0.2) is 0 Å². The third kappa shape index (κ3) is 3.87. The lowest BCUT2D eigenvalue weighted by Crippen LogP contribution is -2.36. The van der Waals surface area contributed by atoms with E-state index in [1.54, 1.807) is 6.07 Å². The monoisotopic (exact) mass is 296 g/mol. The largest absolute Gasteiger partial charge is 0.483 e. The van der Waals surface area contributed by atoms with Crippen molar-refractivity contribution in [3.8, 4) is 5.75 Å². The zero-order valence-corrected chi connectivity index (χ0v) is 11.8. The summed E-state index contributed by atoms with van der Waals surface area (Å²) in [6.45, 7) is -0.156. The van der Waals surface area contributed by atoms with Gasteiger partial charge < -0.3 is 15.8 Å². The summed E-state index contributed by atoms with van der Waals surface area (Å²) in [5.41, 5.74) is 5.45. The van der Waals surface area contributed by atoms with Gasteiger partial charge in [-0.15, -0.1) is 0 Å². The van der Waals surface area contributed by atoms with Crippen LogP contribution in [0.1, 0.15) is 36.0 Å². The lowest BCUT2D eigenvalue weighted by atomic mass is 10.2. The van der Waals surface area contributed by atoms with E-state index in [0.717, 1.165) is 25.7 Å². The summed E-state index contributed by atoms with van der Waals surface area (Å²) in [4.78, 5) is 23.0. The normalized spacial score (nSPS) is 15.1. The minimum atomic E-state index is -0.618. The molecular weight excluding hydrogens is 280 g/mol. The summed E-state index contributed by atoms with van der Waals surface area (Å²) in [6, 6.07) is 4.74. The van der Waals surface area contributed by atoms with Gasteiger partial charge in [-0.05, 0) is 31.0 Å². The molecule has 2 amide bonds. The fourth-order valence-electron chi connectivity index (χ4n) is 2.30. The van der Waals surface area contributed by atoms with Gasteiger partial charge in [0, 0.05) is 11.1 Å². The third-order valence-electron chi connectivity index (χ3n) is 3.29. The second kappa shape index (κ2) is 6.61. The number of carbonyl (C=O) groups is 2. The van der Waals surface area contributed by atoms with Crippen LogP contribution in [-0.2, 0) is 4.79 Å². The predicted molar refractivity (Wildman–Crippen MR) is 75.9 cm³/mol. The topological polar surface area (TPSA) is 81.4 Å². The van der Waals surface area contributed by atoms with E-state index in [1.807, 2.05) is 0 Å². The number of primary amides is 1. The van der Waals surface area contributed by atoms with Crippen molar-refractivity contribution in [2.45, 2.75) is 31.7 Å². The molecule has 0 bridgehead atoms. The van der Waals surface area contributed by atoms with Crippen molar-refractivity contribution >= 4 is 23.4 Å². The maximum absolute atomic E-state index is 11.8. The number of halogens is 1. The van der Waals surface area contributed by atoms with Gasteiger partial charge in [-0.1, -0.05) is 24.4 Å². The zero-order valence-electron chi connectivity index (χ0n) is 11.0. The Hall–Kier alpha value is -1.75. The molecule has 0 radical (unpaired) electrons. The summed E-state index contributed by atoms with van der Waals surface area (Å²) >= 11 is 5.84. The first-order chi connectivity index (χ1) is 9.56. The number of carbonyl (C=O) groups excluding carboxylic acids is 2. The van der Waals surface area contributed by atoms with Crippen molar-refractivity contribution in [2.75, 3.05) is 6.61 Å². The van der Waals surface area contributed by atoms with E-state index < -0.39 is 5.91 Å². The molecule has 1 aliphatic carbocycles. The van der Waals surface area contributed by atoms with Crippen LogP contribution in [0.5, 0.6) is 5.75 Å². The van der Waals surface area contributed by atoms with Gasteiger partial charge in [-0.3, -0.25) is 9.59 Å². The lowest BCUT2D eigenvalue weighted by molar-refractivity contribution is -0.123. The molecule has 6 heteroatoms. The molecule has 0 aromatic heterocycles. The maximum atomic E-state index is 11.8. The molecule has 1 aliphatic rings. The van der Waals surface area contributed by atoms with E-state index in [1.165, 1.54) is 12.1 Å². The molecule has 1 saturated carbocycles. The van der Waals surface area contributed by atoms with Gasteiger partial charge in [-0.2, -0.15) is 0 Å². The van der Waals surface area contributed by atoms with Gasteiger partial charge in [0.2, 0.25) is 0 Å². The molecule has 0 saturated heterocycles. The molecule has 1 aromatic rings. The van der Waals surface area contributed by atoms with Crippen LogP contribution in [-0.4, -0.2) is 24.5 Å². The number of nitrogens with two attached hydrogens (primary N) is 1. The Morgan fingerprint density at radius 2 is 2.05 bits per heavy atom. The van der Waals surface area contributed by atoms with E-state index >= 15 is 0 Å². The van der Waals surface area contributed by atoms with Gasteiger partial charge in [0.1, 0.15) is 5.75 Å². The minimum Gasteiger partial charge on any atom is -0.483 e. The standard InChI is InChI=1S/C14H17ClN2O3/c15-9-5-6-11(14(16)19)12(7-9)20-8-13(18)17-10-3-1-2-4-10/h5-7,10H,1-4,8H2,(H2,16,19)(H,17,18).